The summed E-state index contributed by atoms with van der Waals surface area (Å²) in [4.78, 5) is 37.4. The Morgan fingerprint density at radius 1 is 0.477 bits per heavy atom. The van der Waals surface area contributed by atoms with E-state index in [1.54, 1.807) is 34.4 Å². The summed E-state index contributed by atoms with van der Waals surface area (Å²) in [6, 6.07) is 26.6. The topological polar surface area (TPSA) is 59.1 Å². The van der Waals surface area contributed by atoms with Crippen molar-refractivity contribution in [2.75, 3.05) is 13.1 Å². The zero-order chi connectivity index (χ0) is 31.2. The molecular weight excluding hydrogens is 548 g/mol. The molecule has 3 aromatic carbocycles. The molecule has 0 radical (unpaired) electrons. The molecule has 0 N–H and O–H groups in total. The van der Waals surface area contributed by atoms with E-state index in [9.17, 15) is 9.59 Å². The van der Waals surface area contributed by atoms with E-state index in [0.29, 0.717) is 37.3 Å². The second-order valence-corrected chi connectivity index (χ2v) is 11.6. The Labute approximate surface area is 265 Å². The van der Waals surface area contributed by atoms with E-state index in [0.717, 1.165) is 36.8 Å². The molecule has 0 aromatic heterocycles. The lowest BCUT2D eigenvalue weighted by molar-refractivity contribution is -0.118. The first kappa shape index (κ1) is 35.0. The zero-order valence-electron chi connectivity index (χ0n) is 26.9. The van der Waals surface area contributed by atoms with Gasteiger partial charge in [0.15, 0.2) is 0 Å². The average Bonchev–Trinajstić information content (AvgIpc) is 3.05. The van der Waals surface area contributed by atoms with Gasteiger partial charge in [-0.2, -0.15) is 0 Å². The first-order chi connectivity index (χ1) is 21.6. The van der Waals surface area contributed by atoms with Gasteiger partial charge in [0.2, 0.25) is 0 Å². The Morgan fingerprint density at radius 3 is 1.18 bits per heavy atom. The van der Waals surface area contributed by atoms with Crippen LogP contribution in [0.3, 0.4) is 0 Å². The lowest BCUT2D eigenvalue weighted by Crippen LogP contribution is -2.29. The summed E-state index contributed by atoms with van der Waals surface area (Å²) in [6.45, 7) is 6.85. The average molecular weight is 601 g/mol. The minimum Gasteiger partial charge on any atom is -0.364 e. The third kappa shape index (κ3) is 13.9. The van der Waals surface area contributed by atoms with Crippen molar-refractivity contribution >= 4 is 11.9 Å². The van der Waals surface area contributed by atoms with E-state index in [1.165, 1.54) is 51.4 Å². The van der Waals surface area contributed by atoms with Crippen LogP contribution < -0.4 is 0 Å². The summed E-state index contributed by atoms with van der Waals surface area (Å²) in [7, 11) is 0. The molecule has 0 unspecified atom stereocenters. The molecule has 0 aliphatic carbocycles. The van der Waals surface area contributed by atoms with Crippen LogP contribution in [0.4, 0.5) is 0 Å². The van der Waals surface area contributed by atoms with Crippen molar-refractivity contribution < 1.29 is 19.3 Å². The van der Waals surface area contributed by atoms with Crippen molar-refractivity contribution in [2.45, 2.75) is 104 Å². The van der Waals surface area contributed by atoms with Crippen molar-refractivity contribution in [3.63, 3.8) is 0 Å². The maximum absolute atomic E-state index is 12.8. The van der Waals surface area contributed by atoms with Gasteiger partial charge in [-0.1, -0.05) is 139 Å². The molecule has 0 bridgehead atoms. The third-order valence-electron chi connectivity index (χ3n) is 7.71. The summed E-state index contributed by atoms with van der Waals surface area (Å²) in [5, 5.41) is 3.58. The molecule has 0 fully saturated rings. The fraction of sp³-hybridized carbons (Fsp3) is 0.474. The molecule has 0 spiro atoms. The van der Waals surface area contributed by atoms with Crippen molar-refractivity contribution in [3.05, 3.63) is 107 Å². The van der Waals surface area contributed by atoms with Crippen molar-refractivity contribution in [1.29, 1.82) is 0 Å². The third-order valence-corrected chi connectivity index (χ3v) is 7.71. The second kappa shape index (κ2) is 21.3. The second-order valence-electron chi connectivity index (χ2n) is 11.6. The molecular formula is C38H52N2O4. The Bertz CT molecular complexity index is 1090. The standard InChI is InChI=1S/C38H52N2O4/c1-3-5-7-9-11-19-29-39(43-37(41)35-21-15-13-16-22-35)31-33-25-27-34(28-26-33)32-40(30-20-12-10-8-6-4-2)44-38(42)36-23-17-14-18-24-36/h13-18,21-28H,3-12,19-20,29-32H2,1-2H3. The van der Waals surface area contributed by atoms with Gasteiger partial charge in [-0.05, 0) is 48.2 Å². The number of carbonyl (C=O) groups is 2. The molecule has 0 aliphatic rings. The van der Waals surface area contributed by atoms with E-state index in [2.05, 4.69) is 38.1 Å². The first-order valence-electron chi connectivity index (χ1n) is 16.7. The molecule has 3 aromatic rings. The van der Waals surface area contributed by atoms with Gasteiger partial charge < -0.3 is 9.68 Å². The van der Waals surface area contributed by atoms with Gasteiger partial charge in [0.1, 0.15) is 0 Å². The van der Waals surface area contributed by atoms with Gasteiger partial charge in [-0.3, -0.25) is 0 Å². The van der Waals surface area contributed by atoms with Crippen LogP contribution in [0.1, 0.15) is 123 Å². The normalized spacial score (nSPS) is 11.2. The van der Waals surface area contributed by atoms with Crippen LogP contribution >= 0.6 is 0 Å². The van der Waals surface area contributed by atoms with E-state index in [-0.39, 0.29) is 11.9 Å². The molecule has 0 aliphatic heterocycles. The van der Waals surface area contributed by atoms with Crippen molar-refractivity contribution in [1.82, 2.24) is 10.1 Å². The predicted octanol–water partition coefficient (Wildman–Crippen LogP) is 9.56. The Hall–Kier alpha value is -3.48. The molecule has 0 heterocycles. The number of carbonyl (C=O) groups excluding carboxylic acids is 2. The fourth-order valence-corrected chi connectivity index (χ4v) is 5.10. The molecule has 0 saturated carbocycles. The maximum atomic E-state index is 12.8. The number of rotatable bonds is 22. The van der Waals surface area contributed by atoms with Crippen LogP contribution in [0.5, 0.6) is 0 Å². The highest BCUT2D eigenvalue weighted by atomic mass is 16.7. The molecule has 6 nitrogen and oxygen atoms in total. The van der Waals surface area contributed by atoms with Crippen molar-refractivity contribution in [3.8, 4) is 0 Å². The summed E-state index contributed by atoms with van der Waals surface area (Å²) in [6.07, 6.45) is 14.1. The minimum atomic E-state index is -0.334. The number of nitrogens with zero attached hydrogens (tertiary/aromatic N) is 2. The SMILES string of the molecule is CCCCCCCCN(Cc1ccc(CN(CCCCCCCC)OC(=O)c2ccccc2)cc1)OC(=O)c1ccccc1. The van der Waals surface area contributed by atoms with E-state index in [4.69, 9.17) is 9.68 Å². The molecule has 44 heavy (non-hydrogen) atoms. The fourth-order valence-electron chi connectivity index (χ4n) is 5.10. The molecule has 0 amide bonds. The van der Waals surface area contributed by atoms with Gasteiger partial charge in [0.05, 0.1) is 24.2 Å². The van der Waals surface area contributed by atoms with Crippen LogP contribution in [0.2, 0.25) is 0 Å². The smallest absolute Gasteiger partial charge is 0.357 e. The number of unbranched alkanes of at least 4 members (excludes halogenated alkanes) is 10. The predicted molar refractivity (Wildman–Crippen MR) is 178 cm³/mol. The van der Waals surface area contributed by atoms with Gasteiger partial charge >= 0.3 is 11.9 Å². The lowest BCUT2D eigenvalue weighted by Gasteiger charge is -2.23. The number of hydrogen-bond acceptors (Lipinski definition) is 6. The minimum absolute atomic E-state index is 0.334. The van der Waals surface area contributed by atoms with Crippen LogP contribution in [0.15, 0.2) is 84.9 Å². The highest BCUT2D eigenvalue weighted by Crippen LogP contribution is 2.16. The number of hydroxylamine groups is 4. The van der Waals surface area contributed by atoms with Crippen molar-refractivity contribution in [2.24, 2.45) is 0 Å². The van der Waals surface area contributed by atoms with E-state index < -0.39 is 0 Å². The van der Waals surface area contributed by atoms with Gasteiger partial charge in [0.25, 0.3) is 0 Å². The number of benzene rings is 3. The summed E-state index contributed by atoms with van der Waals surface area (Å²) in [5.74, 6) is -0.669. The molecule has 0 saturated heterocycles. The van der Waals surface area contributed by atoms with Crippen LogP contribution in [0, 0.1) is 0 Å². The maximum Gasteiger partial charge on any atom is 0.357 e. The molecule has 6 heteroatoms. The lowest BCUT2D eigenvalue weighted by atomic mass is 10.1. The zero-order valence-corrected chi connectivity index (χ0v) is 26.9. The molecule has 3 rings (SSSR count). The quantitative estimate of drug-likeness (QED) is 0.0845. The largest absolute Gasteiger partial charge is 0.364 e. The van der Waals surface area contributed by atoms with Gasteiger partial charge in [-0.15, -0.1) is 10.1 Å². The Morgan fingerprint density at radius 2 is 0.818 bits per heavy atom. The van der Waals surface area contributed by atoms with E-state index in [1.807, 2.05) is 36.4 Å². The number of hydrogen-bond donors (Lipinski definition) is 0. The molecule has 238 valence electrons. The van der Waals surface area contributed by atoms with Crippen LogP contribution in [0.25, 0.3) is 0 Å². The van der Waals surface area contributed by atoms with Crippen LogP contribution in [-0.4, -0.2) is 35.2 Å². The molecule has 0 atom stereocenters. The monoisotopic (exact) mass is 600 g/mol. The Balaban J connectivity index is 1.60. The summed E-state index contributed by atoms with van der Waals surface area (Å²) in [5.41, 5.74) is 3.21. The Kier molecular flexibility index (Phi) is 16.9. The van der Waals surface area contributed by atoms with E-state index >= 15 is 0 Å². The highest BCUT2D eigenvalue weighted by Gasteiger charge is 2.17. The van der Waals surface area contributed by atoms with Crippen LogP contribution in [-0.2, 0) is 22.8 Å². The summed E-state index contributed by atoms with van der Waals surface area (Å²) < 4.78 is 0. The highest BCUT2D eigenvalue weighted by molar-refractivity contribution is 5.89. The van der Waals surface area contributed by atoms with Gasteiger partial charge in [0, 0.05) is 13.1 Å². The van der Waals surface area contributed by atoms with Gasteiger partial charge in [-0.25, -0.2) is 9.59 Å². The summed E-state index contributed by atoms with van der Waals surface area (Å²) >= 11 is 0. The first-order valence-corrected chi connectivity index (χ1v) is 16.7.